The van der Waals surface area contributed by atoms with Crippen molar-refractivity contribution in [2.45, 2.75) is 0 Å². The SMILES string of the molecule is O=C=Cc1cnccn1. The molecule has 3 nitrogen and oxygen atoms in total. The summed E-state index contributed by atoms with van der Waals surface area (Å²) in [7, 11) is 0. The van der Waals surface area contributed by atoms with Crippen LogP contribution < -0.4 is 0 Å². The van der Waals surface area contributed by atoms with E-state index in [4.69, 9.17) is 0 Å². The summed E-state index contributed by atoms with van der Waals surface area (Å²) in [5.41, 5.74) is 0.535. The summed E-state index contributed by atoms with van der Waals surface area (Å²) in [6.07, 6.45) is 5.78. The molecule has 0 aromatic carbocycles. The molecule has 9 heavy (non-hydrogen) atoms. The second kappa shape index (κ2) is 2.74. The maximum absolute atomic E-state index is 9.73. The summed E-state index contributed by atoms with van der Waals surface area (Å²) >= 11 is 0. The third-order valence-electron chi connectivity index (χ3n) is 0.790. The van der Waals surface area contributed by atoms with Crippen LogP contribution in [0.5, 0.6) is 0 Å². The molecule has 0 amide bonds. The zero-order chi connectivity index (χ0) is 6.53. The van der Waals surface area contributed by atoms with Crippen LogP contribution in [0.15, 0.2) is 18.6 Å². The van der Waals surface area contributed by atoms with Crippen LogP contribution in [0, 0.1) is 0 Å². The number of aromatic nitrogens is 2. The monoisotopic (exact) mass is 120 g/mol. The lowest BCUT2D eigenvalue weighted by Gasteiger charge is -1.82. The van der Waals surface area contributed by atoms with Gasteiger partial charge in [-0.25, -0.2) is 4.79 Å². The maximum Gasteiger partial charge on any atom is 0.126 e. The third kappa shape index (κ3) is 1.48. The predicted octanol–water partition coefficient (Wildman–Crippen LogP) is 0.321. The van der Waals surface area contributed by atoms with Gasteiger partial charge in [0.25, 0.3) is 0 Å². The van der Waals surface area contributed by atoms with E-state index in [-0.39, 0.29) is 0 Å². The van der Waals surface area contributed by atoms with Crippen LogP contribution in [-0.2, 0) is 4.79 Å². The van der Waals surface area contributed by atoms with Crippen LogP contribution in [0.1, 0.15) is 5.69 Å². The maximum atomic E-state index is 9.73. The number of nitrogens with zero attached hydrogens (tertiary/aromatic N) is 2. The van der Waals surface area contributed by atoms with E-state index in [2.05, 4.69) is 9.97 Å². The topological polar surface area (TPSA) is 42.9 Å². The molecule has 0 aliphatic carbocycles. The first-order chi connectivity index (χ1) is 4.43. The molecule has 1 rings (SSSR count). The van der Waals surface area contributed by atoms with Crippen LogP contribution in [0.4, 0.5) is 0 Å². The average Bonchev–Trinajstić information content (AvgIpc) is 1.91. The first-order valence-corrected chi connectivity index (χ1v) is 2.40. The van der Waals surface area contributed by atoms with Crippen molar-refractivity contribution in [3.8, 4) is 0 Å². The molecule has 0 spiro atoms. The molecule has 0 aliphatic rings. The number of carbonyl (C=O) groups excluding carboxylic acids is 1. The summed E-state index contributed by atoms with van der Waals surface area (Å²) in [6.45, 7) is 0. The Morgan fingerprint density at radius 2 is 2.44 bits per heavy atom. The molecule has 3 heteroatoms. The first-order valence-electron chi connectivity index (χ1n) is 2.40. The van der Waals surface area contributed by atoms with Gasteiger partial charge in [0.15, 0.2) is 0 Å². The number of hydrogen-bond donors (Lipinski definition) is 0. The molecule has 44 valence electrons. The van der Waals surface area contributed by atoms with Crippen LogP contribution >= 0.6 is 0 Å². The Morgan fingerprint density at radius 1 is 1.56 bits per heavy atom. The molecular weight excluding hydrogens is 116 g/mol. The van der Waals surface area contributed by atoms with Crippen molar-refractivity contribution in [3.63, 3.8) is 0 Å². The molecule has 0 aliphatic heterocycles. The van der Waals surface area contributed by atoms with E-state index in [9.17, 15) is 4.79 Å². The lowest BCUT2D eigenvalue weighted by Crippen LogP contribution is -1.79. The molecular formula is C6H4N2O. The van der Waals surface area contributed by atoms with Crippen molar-refractivity contribution >= 4 is 12.0 Å². The zero-order valence-corrected chi connectivity index (χ0v) is 4.61. The van der Waals surface area contributed by atoms with Gasteiger partial charge in [-0.2, -0.15) is 0 Å². The van der Waals surface area contributed by atoms with Gasteiger partial charge in [0.2, 0.25) is 0 Å². The third-order valence-corrected chi connectivity index (χ3v) is 0.790. The highest BCUT2D eigenvalue weighted by Crippen LogP contribution is 1.87. The molecule has 0 saturated carbocycles. The fraction of sp³-hybridized carbons (Fsp3) is 0. The smallest absolute Gasteiger partial charge is 0.126 e. The molecule has 0 fully saturated rings. The molecule has 0 N–H and O–H groups in total. The van der Waals surface area contributed by atoms with Gasteiger partial charge in [-0.15, -0.1) is 0 Å². The van der Waals surface area contributed by atoms with E-state index < -0.39 is 0 Å². The Bertz CT molecular complexity index is 226. The fourth-order valence-corrected chi connectivity index (χ4v) is 0.446. The highest BCUT2D eigenvalue weighted by atomic mass is 16.1. The van der Waals surface area contributed by atoms with Crippen LogP contribution in [0.2, 0.25) is 0 Å². The minimum atomic E-state index is 0.535. The highest BCUT2D eigenvalue weighted by Gasteiger charge is 1.81. The molecule has 0 bridgehead atoms. The molecule has 0 saturated heterocycles. The van der Waals surface area contributed by atoms with E-state index in [1.807, 2.05) is 0 Å². The van der Waals surface area contributed by atoms with Crippen molar-refractivity contribution in [2.75, 3.05) is 0 Å². The molecule has 0 atom stereocenters. The van der Waals surface area contributed by atoms with Crippen molar-refractivity contribution in [2.24, 2.45) is 0 Å². The largest absolute Gasteiger partial charge is 0.261 e. The van der Waals surface area contributed by atoms with Gasteiger partial charge in [0.05, 0.1) is 11.9 Å². The Hall–Kier alpha value is -1.47. The van der Waals surface area contributed by atoms with Gasteiger partial charge < -0.3 is 0 Å². The zero-order valence-electron chi connectivity index (χ0n) is 4.61. The summed E-state index contributed by atoms with van der Waals surface area (Å²) in [4.78, 5) is 17.2. The van der Waals surface area contributed by atoms with Crippen molar-refractivity contribution in [1.29, 1.82) is 0 Å². The van der Waals surface area contributed by atoms with Crippen LogP contribution in [0.3, 0.4) is 0 Å². The quantitative estimate of drug-likeness (QED) is 0.501. The van der Waals surface area contributed by atoms with Gasteiger partial charge in [0, 0.05) is 18.5 Å². The summed E-state index contributed by atoms with van der Waals surface area (Å²) in [6, 6.07) is 0. The first kappa shape index (κ1) is 5.66. The van der Waals surface area contributed by atoms with E-state index in [0.29, 0.717) is 5.69 Å². The van der Waals surface area contributed by atoms with Gasteiger partial charge in [0.1, 0.15) is 5.94 Å². The Morgan fingerprint density at radius 3 is 3.00 bits per heavy atom. The lowest BCUT2D eigenvalue weighted by atomic mass is 10.4. The van der Waals surface area contributed by atoms with E-state index >= 15 is 0 Å². The van der Waals surface area contributed by atoms with Gasteiger partial charge >= 0.3 is 0 Å². The van der Waals surface area contributed by atoms with Crippen molar-refractivity contribution < 1.29 is 4.79 Å². The summed E-state index contributed by atoms with van der Waals surface area (Å²) in [5.74, 6) is 1.61. The van der Waals surface area contributed by atoms with E-state index in [1.54, 1.807) is 12.1 Å². The van der Waals surface area contributed by atoms with Crippen LogP contribution in [0.25, 0.3) is 6.08 Å². The standard InChI is InChI=1S/C6H4N2O/c9-4-1-6-5-7-2-3-8-6/h1-3,5H. The lowest BCUT2D eigenvalue weighted by molar-refractivity contribution is 0.570. The Kier molecular flexibility index (Phi) is 1.73. The number of rotatable bonds is 1. The second-order valence-corrected chi connectivity index (χ2v) is 1.39. The Labute approximate surface area is 52.1 Å². The van der Waals surface area contributed by atoms with E-state index in [1.165, 1.54) is 18.5 Å². The van der Waals surface area contributed by atoms with Gasteiger partial charge in [-0.05, 0) is 0 Å². The Balaban J connectivity index is 2.97. The molecule has 1 aromatic rings. The number of hydrogen-bond acceptors (Lipinski definition) is 3. The van der Waals surface area contributed by atoms with Gasteiger partial charge in [-0.3, -0.25) is 9.97 Å². The molecule has 1 aromatic heterocycles. The van der Waals surface area contributed by atoms with Crippen LogP contribution in [-0.4, -0.2) is 15.9 Å². The van der Waals surface area contributed by atoms with Crippen molar-refractivity contribution in [3.05, 3.63) is 24.3 Å². The predicted molar refractivity (Wildman–Crippen MR) is 32.2 cm³/mol. The summed E-state index contributed by atoms with van der Waals surface area (Å²) in [5, 5.41) is 0. The minimum Gasteiger partial charge on any atom is -0.261 e. The van der Waals surface area contributed by atoms with Crippen molar-refractivity contribution in [1.82, 2.24) is 9.97 Å². The highest BCUT2D eigenvalue weighted by molar-refractivity contribution is 5.72. The molecule has 0 unspecified atom stereocenters. The van der Waals surface area contributed by atoms with Gasteiger partial charge in [-0.1, -0.05) is 0 Å². The molecule has 1 heterocycles. The van der Waals surface area contributed by atoms with E-state index in [0.717, 1.165) is 0 Å². The second-order valence-electron chi connectivity index (χ2n) is 1.39. The normalized spacial score (nSPS) is 8.00. The average molecular weight is 120 g/mol. The molecule has 0 radical (unpaired) electrons. The minimum absolute atomic E-state index is 0.535. The summed E-state index contributed by atoms with van der Waals surface area (Å²) < 4.78 is 0. The fourth-order valence-electron chi connectivity index (χ4n) is 0.446.